The van der Waals surface area contributed by atoms with Crippen LogP contribution in [0.2, 0.25) is 0 Å². The summed E-state index contributed by atoms with van der Waals surface area (Å²) in [6, 6.07) is 8.85. The molecule has 120 valence electrons. The van der Waals surface area contributed by atoms with Gasteiger partial charge in [-0.05, 0) is 37.1 Å². The first kappa shape index (κ1) is 18.4. The predicted molar refractivity (Wildman–Crippen MR) is 95.4 cm³/mol. The zero-order chi connectivity index (χ0) is 15.5. The summed E-state index contributed by atoms with van der Waals surface area (Å²) in [6.07, 6.45) is 2.20. The molecule has 0 saturated carbocycles. The van der Waals surface area contributed by atoms with Crippen LogP contribution < -0.4 is 10.1 Å². The van der Waals surface area contributed by atoms with Crippen LogP contribution in [0.1, 0.15) is 52.1 Å². The smallest absolute Gasteiger partial charge is 0.124 e. The van der Waals surface area contributed by atoms with Gasteiger partial charge < -0.3 is 10.1 Å². The summed E-state index contributed by atoms with van der Waals surface area (Å²) in [5, 5.41) is 3.68. The van der Waals surface area contributed by atoms with Crippen molar-refractivity contribution in [3.8, 4) is 5.75 Å². The summed E-state index contributed by atoms with van der Waals surface area (Å²) >= 11 is 2.03. The van der Waals surface area contributed by atoms with Crippen LogP contribution in [-0.4, -0.2) is 24.7 Å². The van der Waals surface area contributed by atoms with Crippen LogP contribution in [-0.2, 0) is 0 Å². The van der Waals surface area contributed by atoms with Crippen molar-refractivity contribution in [1.82, 2.24) is 5.32 Å². The van der Waals surface area contributed by atoms with Gasteiger partial charge >= 0.3 is 0 Å². The first-order chi connectivity index (χ1) is 10.2. The summed E-state index contributed by atoms with van der Waals surface area (Å²) in [6.45, 7) is 10.8. The normalized spacial score (nSPS) is 12.6. The van der Waals surface area contributed by atoms with E-state index >= 15 is 0 Å². The van der Waals surface area contributed by atoms with Gasteiger partial charge in [0.25, 0.3) is 0 Å². The largest absolute Gasteiger partial charge is 0.493 e. The number of benzene rings is 1. The highest BCUT2D eigenvalue weighted by Crippen LogP contribution is 2.28. The molecule has 0 amide bonds. The fraction of sp³-hybridized carbons (Fsp3) is 0.667. The zero-order valence-corrected chi connectivity index (χ0v) is 14.8. The Morgan fingerprint density at radius 1 is 1.10 bits per heavy atom. The van der Waals surface area contributed by atoms with Crippen molar-refractivity contribution in [2.24, 2.45) is 5.92 Å². The Morgan fingerprint density at radius 2 is 1.86 bits per heavy atom. The molecule has 0 saturated heterocycles. The lowest BCUT2D eigenvalue weighted by atomic mass is 10.1. The number of nitrogens with one attached hydrogen (secondary N) is 1. The Kier molecular flexibility index (Phi) is 9.60. The lowest BCUT2D eigenvalue weighted by molar-refractivity contribution is 0.311. The second-order valence-corrected chi connectivity index (χ2v) is 6.90. The highest BCUT2D eigenvalue weighted by Gasteiger charge is 2.15. The molecular formula is C18H31NOS. The van der Waals surface area contributed by atoms with Gasteiger partial charge in [0.1, 0.15) is 5.75 Å². The van der Waals surface area contributed by atoms with Gasteiger partial charge in [0.15, 0.2) is 0 Å². The van der Waals surface area contributed by atoms with E-state index in [0.29, 0.717) is 6.04 Å². The number of hydrogen-bond acceptors (Lipinski definition) is 3. The van der Waals surface area contributed by atoms with Crippen LogP contribution >= 0.6 is 11.8 Å². The first-order valence-corrected chi connectivity index (χ1v) is 9.37. The van der Waals surface area contributed by atoms with Crippen molar-refractivity contribution in [1.29, 1.82) is 0 Å². The zero-order valence-electron chi connectivity index (χ0n) is 14.0. The number of hydrogen-bond donors (Lipinski definition) is 1. The number of thioether (sulfide) groups is 1. The summed E-state index contributed by atoms with van der Waals surface area (Å²) < 4.78 is 5.93. The molecule has 1 aromatic carbocycles. The predicted octanol–water partition coefficient (Wildman–Crippen LogP) is 4.91. The van der Waals surface area contributed by atoms with Crippen LogP contribution in [0.3, 0.4) is 0 Å². The number of rotatable bonds is 11. The molecule has 1 aromatic rings. The van der Waals surface area contributed by atoms with Gasteiger partial charge in [-0.2, -0.15) is 11.8 Å². The van der Waals surface area contributed by atoms with E-state index in [1.807, 2.05) is 11.8 Å². The maximum Gasteiger partial charge on any atom is 0.124 e. The molecule has 0 radical (unpaired) electrons. The third kappa shape index (κ3) is 7.23. The minimum Gasteiger partial charge on any atom is -0.493 e. The quantitative estimate of drug-likeness (QED) is 0.628. The third-order valence-corrected chi connectivity index (χ3v) is 4.60. The SMILES string of the molecule is CCCNC(CSCC(C)C)c1ccccc1OCCC. The summed E-state index contributed by atoms with van der Waals surface area (Å²) in [5.41, 5.74) is 1.30. The maximum absolute atomic E-state index is 5.93. The van der Waals surface area contributed by atoms with Crippen molar-refractivity contribution < 1.29 is 4.74 Å². The molecule has 0 fully saturated rings. The average molecular weight is 310 g/mol. The summed E-state index contributed by atoms with van der Waals surface area (Å²) in [4.78, 5) is 0. The second kappa shape index (κ2) is 11.0. The van der Waals surface area contributed by atoms with Gasteiger partial charge in [-0.15, -0.1) is 0 Å². The van der Waals surface area contributed by atoms with E-state index in [1.54, 1.807) is 0 Å². The fourth-order valence-electron chi connectivity index (χ4n) is 2.11. The topological polar surface area (TPSA) is 21.3 Å². The summed E-state index contributed by atoms with van der Waals surface area (Å²) in [5.74, 6) is 4.10. The Labute approximate surface area is 135 Å². The molecule has 0 aliphatic heterocycles. The molecule has 0 bridgehead atoms. The monoisotopic (exact) mass is 309 g/mol. The van der Waals surface area contributed by atoms with E-state index in [9.17, 15) is 0 Å². The van der Waals surface area contributed by atoms with Gasteiger partial charge in [0.2, 0.25) is 0 Å². The molecule has 0 aliphatic carbocycles. The van der Waals surface area contributed by atoms with Crippen molar-refractivity contribution >= 4 is 11.8 Å². The van der Waals surface area contributed by atoms with Crippen LogP contribution in [0.15, 0.2) is 24.3 Å². The molecule has 2 nitrogen and oxygen atoms in total. The molecule has 3 heteroatoms. The van der Waals surface area contributed by atoms with Gasteiger partial charge in [0, 0.05) is 17.4 Å². The summed E-state index contributed by atoms with van der Waals surface area (Å²) in [7, 11) is 0. The lowest BCUT2D eigenvalue weighted by Crippen LogP contribution is -2.25. The molecule has 1 unspecified atom stereocenters. The Morgan fingerprint density at radius 3 is 2.52 bits per heavy atom. The molecular weight excluding hydrogens is 278 g/mol. The molecule has 21 heavy (non-hydrogen) atoms. The molecule has 0 aromatic heterocycles. The van der Waals surface area contributed by atoms with E-state index in [-0.39, 0.29) is 0 Å². The van der Waals surface area contributed by atoms with Crippen LogP contribution in [0.25, 0.3) is 0 Å². The molecule has 0 aliphatic rings. The number of ether oxygens (including phenoxy) is 1. The van der Waals surface area contributed by atoms with Gasteiger partial charge in [-0.25, -0.2) is 0 Å². The highest BCUT2D eigenvalue weighted by molar-refractivity contribution is 7.99. The van der Waals surface area contributed by atoms with Crippen molar-refractivity contribution in [2.45, 2.75) is 46.6 Å². The molecule has 0 heterocycles. The van der Waals surface area contributed by atoms with Crippen molar-refractivity contribution in [3.05, 3.63) is 29.8 Å². The Hall–Kier alpha value is -0.670. The van der Waals surface area contributed by atoms with Gasteiger partial charge in [-0.3, -0.25) is 0 Å². The second-order valence-electron chi connectivity index (χ2n) is 5.82. The maximum atomic E-state index is 5.93. The van der Waals surface area contributed by atoms with E-state index in [0.717, 1.165) is 43.4 Å². The number of para-hydroxylation sites is 1. The standard InChI is InChI=1S/C18H31NOS/c1-5-11-19-17(14-21-13-15(3)4)16-9-7-8-10-18(16)20-12-6-2/h7-10,15,17,19H,5-6,11-14H2,1-4H3. The third-order valence-electron chi connectivity index (χ3n) is 3.13. The highest BCUT2D eigenvalue weighted by atomic mass is 32.2. The average Bonchev–Trinajstić information content (AvgIpc) is 2.48. The van der Waals surface area contributed by atoms with Gasteiger partial charge in [-0.1, -0.05) is 45.9 Å². The van der Waals surface area contributed by atoms with E-state index in [4.69, 9.17) is 4.74 Å². The molecule has 1 rings (SSSR count). The van der Waals surface area contributed by atoms with Gasteiger partial charge in [0.05, 0.1) is 6.61 Å². The molecule has 1 atom stereocenters. The van der Waals surface area contributed by atoms with Crippen LogP contribution in [0, 0.1) is 5.92 Å². The Balaban J connectivity index is 2.75. The Bertz CT molecular complexity index is 381. The van der Waals surface area contributed by atoms with E-state index in [2.05, 4.69) is 57.3 Å². The van der Waals surface area contributed by atoms with Crippen molar-refractivity contribution in [2.75, 3.05) is 24.7 Å². The van der Waals surface area contributed by atoms with E-state index < -0.39 is 0 Å². The van der Waals surface area contributed by atoms with E-state index in [1.165, 1.54) is 11.3 Å². The van der Waals surface area contributed by atoms with Crippen LogP contribution in [0.4, 0.5) is 0 Å². The molecule has 0 spiro atoms. The fourth-order valence-corrected chi connectivity index (χ4v) is 3.25. The van der Waals surface area contributed by atoms with Crippen molar-refractivity contribution in [3.63, 3.8) is 0 Å². The first-order valence-electron chi connectivity index (χ1n) is 8.21. The molecule has 1 N–H and O–H groups in total. The van der Waals surface area contributed by atoms with Crippen LogP contribution in [0.5, 0.6) is 5.75 Å². The lowest BCUT2D eigenvalue weighted by Gasteiger charge is -2.22. The minimum absolute atomic E-state index is 0.377. The minimum atomic E-state index is 0.377.